The van der Waals surface area contributed by atoms with E-state index in [4.69, 9.17) is 4.74 Å². The summed E-state index contributed by atoms with van der Waals surface area (Å²) in [4.78, 5) is 11.7. The van der Waals surface area contributed by atoms with Crippen molar-refractivity contribution < 1.29 is 22.7 Å². The second kappa shape index (κ2) is 6.47. The van der Waals surface area contributed by atoms with Crippen molar-refractivity contribution in [3.05, 3.63) is 35.4 Å². The van der Waals surface area contributed by atoms with Gasteiger partial charge in [-0.3, -0.25) is 4.79 Å². The molecule has 0 aromatic heterocycles. The first kappa shape index (κ1) is 15.8. The highest BCUT2D eigenvalue weighted by molar-refractivity contribution is 5.76. The first-order valence-corrected chi connectivity index (χ1v) is 6.89. The summed E-state index contributed by atoms with van der Waals surface area (Å²) in [5.41, 5.74) is 0.0333. The van der Waals surface area contributed by atoms with E-state index >= 15 is 0 Å². The predicted molar refractivity (Wildman–Crippen MR) is 71.4 cm³/mol. The van der Waals surface area contributed by atoms with Crippen molar-refractivity contribution in [3.8, 4) is 0 Å². The summed E-state index contributed by atoms with van der Waals surface area (Å²) in [6, 6.07) is 4.56. The molecule has 1 N–H and O–H groups in total. The van der Waals surface area contributed by atoms with E-state index < -0.39 is 11.7 Å². The lowest BCUT2D eigenvalue weighted by atomic mass is 9.79. The van der Waals surface area contributed by atoms with Gasteiger partial charge in [0.15, 0.2) is 0 Å². The van der Waals surface area contributed by atoms with Crippen molar-refractivity contribution in [1.82, 2.24) is 5.32 Å². The smallest absolute Gasteiger partial charge is 0.416 e. The van der Waals surface area contributed by atoms with Crippen LogP contribution in [0.25, 0.3) is 0 Å². The van der Waals surface area contributed by atoms with Crippen LogP contribution in [0.15, 0.2) is 24.3 Å². The molecule has 6 heteroatoms. The lowest BCUT2D eigenvalue weighted by molar-refractivity contribution is -0.145. The number of rotatable bonds is 5. The summed E-state index contributed by atoms with van der Waals surface area (Å²) in [7, 11) is 1.34. The largest absolute Gasteiger partial charge is 0.468 e. The summed E-state index contributed by atoms with van der Waals surface area (Å²) < 4.78 is 42.2. The van der Waals surface area contributed by atoms with Gasteiger partial charge >= 0.3 is 12.1 Å². The minimum absolute atomic E-state index is 0.256. The molecule has 1 aliphatic carbocycles. The van der Waals surface area contributed by atoms with E-state index in [0.29, 0.717) is 12.1 Å². The Morgan fingerprint density at radius 3 is 2.38 bits per heavy atom. The SMILES string of the molecule is COC(=O)[C@@H](NCc1ccc(C(F)(F)F)cc1)C1CCC1. The van der Waals surface area contributed by atoms with E-state index in [9.17, 15) is 18.0 Å². The lowest BCUT2D eigenvalue weighted by Gasteiger charge is -2.32. The Kier molecular flexibility index (Phi) is 4.88. The number of halogens is 3. The molecule has 0 saturated heterocycles. The fraction of sp³-hybridized carbons (Fsp3) is 0.533. The third-order valence-electron chi connectivity index (χ3n) is 3.88. The van der Waals surface area contributed by atoms with Crippen molar-refractivity contribution in [3.63, 3.8) is 0 Å². The number of ether oxygens (including phenoxy) is 1. The zero-order chi connectivity index (χ0) is 15.5. The molecule has 2 rings (SSSR count). The fourth-order valence-corrected chi connectivity index (χ4v) is 2.38. The number of esters is 1. The zero-order valence-electron chi connectivity index (χ0n) is 11.7. The maximum atomic E-state index is 12.5. The van der Waals surface area contributed by atoms with Gasteiger partial charge in [-0.15, -0.1) is 0 Å². The molecule has 0 spiro atoms. The van der Waals surface area contributed by atoms with Gasteiger partial charge in [-0.25, -0.2) is 0 Å². The minimum atomic E-state index is -4.33. The van der Waals surface area contributed by atoms with E-state index in [1.54, 1.807) is 0 Å². The van der Waals surface area contributed by atoms with Crippen LogP contribution in [-0.2, 0) is 22.3 Å². The van der Waals surface area contributed by atoms with Gasteiger partial charge in [-0.05, 0) is 36.5 Å². The van der Waals surface area contributed by atoms with E-state index in [1.165, 1.54) is 19.2 Å². The number of carbonyl (C=O) groups excluding carboxylic acids is 1. The van der Waals surface area contributed by atoms with Crippen molar-refractivity contribution in [2.24, 2.45) is 5.92 Å². The number of hydrogen-bond acceptors (Lipinski definition) is 3. The van der Waals surface area contributed by atoms with Crippen LogP contribution in [0, 0.1) is 5.92 Å². The first-order chi connectivity index (χ1) is 9.91. The molecule has 116 valence electrons. The molecule has 1 aromatic carbocycles. The van der Waals surface area contributed by atoms with Crippen LogP contribution in [0.2, 0.25) is 0 Å². The average Bonchev–Trinajstić information content (AvgIpc) is 2.39. The molecule has 0 amide bonds. The molecule has 0 radical (unpaired) electrons. The van der Waals surface area contributed by atoms with Crippen LogP contribution in [0.5, 0.6) is 0 Å². The van der Waals surface area contributed by atoms with Gasteiger partial charge in [0.25, 0.3) is 0 Å². The normalized spacial score (nSPS) is 17.1. The van der Waals surface area contributed by atoms with Crippen molar-refractivity contribution in [1.29, 1.82) is 0 Å². The van der Waals surface area contributed by atoms with Crippen molar-refractivity contribution >= 4 is 5.97 Å². The Hall–Kier alpha value is -1.56. The topological polar surface area (TPSA) is 38.3 Å². The highest BCUT2D eigenvalue weighted by Crippen LogP contribution is 2.31. The van der Waals surface area contributed by atoms with E-state index in [-0.39, 0.29) is 17.9 Å². The highest BCUT2D eigenvalue weighted by atomic mass is 19.4. The molecular formula is C15H18F3NO2. The third-order valence-corrected chi connectivity index (χ3v) is 3.88. The maximum absolute atomic E-state index is 12.5. The van der Waals surface area contributed by atoms with Gasteiger partial charge in [0.2, 0.25) is 0 Å². The first-order valence-electron chi connectivity index (χ1n) is 6.89. The number of methoxy groups -OCH3 is 1. The van der Waals surface area contributed by atoms with Crippen LogP contribution in [0.4, 0.5) is 13.2 Å². The van der Waals surface area contributed by atoms with Crippen LogP contribution < -0.4 is 5.32 Å². The van der Waals surface area contributed by atoms with Gasteiger partial charge in [-0.1, -0.05) is 18.6 Å². The summed E-state index contributed by atoms with van der Waals surface area (Å²) >= 11 is 0. The van der Waals surface area contributed by atoms with Crippen molar-refractivity contribution in [2.75, 3.05) is 7.11 Å². The molecule has 1 aliphatic rings. The standard InChI is InChI=1S/C15H18F3NO2/c1-21-14(20)13(11-3-2-4-11)19-9-10-5-7-12(8-6-10)15(16,17)18/h5-8,11,13,19H,2-4,9H2,1H3/t13-/m0/s1. The highest BCUT2D eigenvalue weighted by Gasteiger charge is 2.33. The van der Waals surface area contributed by atoms with Crippen LogP contribution in [-0.4, -0.2) is 19.1 Å². The van der Waals surface area contributed by atoms with Crippen LogP contribution in [0.3, 0.4) is 0 Å². The average molecular weight is 301 g/mol. The molecule has 1 saturated carbocycles. The van der Waals surface area contributed by atoms with Gasteiger partial charge in [-0.2, -0.15) is 13.2 Å². The van der Waals surface area contributed by atoms with E-state index in [0.717, 1.165) is 31.4 Å². The molecule has 0 unspecified atom stereocenters. The number of carbonyl (C=O) groups is 1. The number of nitrogens with one attached hydrogen (secondary N) is 1. The summed E-state index contributed by atoms with van der Waals surface area (Å²) in [5.74, 6) is -0.0569. The number of benzene rings is 1. The molecule has 0 aliphatic heterocycles. The van der Waals surface area contributed by atoms with E-state index in [2.05, 4.69) is 5.32 Å². The number of alkyl halides is 3. The Bertz CT molecular complexity index is 481. The van der Waals surface area contributed by atoms with Gasteiger partial charge in [0.05, 0.1) is 12.7 Å². The minimum Gasteiger partial charge on any atom is -0.468 e. The molecular weight excluding hydrogens is 283 g/mol. The molecule has 0 heterocycles. The Balaban J connectivity index is 1.95. The quantitative estimate of drug-likeness (QED) is 0.849. The molecule has 3 nitrogen and oxygen atoms in total. The number of hydrogen-bond donors (Lipinski definition) is 1. The van der Waals surface area contributed by atoms with Crippen LogP contribution in [0.1, 0.15) is 30.4 Å². The van der Waals surface area contributed by atoms with Crippen LogP contribution >= 0.6 is 0 Å². The van der Waals surface area contributed by atoms with Crippen molar-refractivity contribution in [2.45, 2.75) is 38.0 Å². The van der Waals surface area contributed by atoms with E-state index in [1.807, 2.05) is 0 Å². The third kappa shape index (κ3) is 3.97. The second-order valence-corrected chi connectivity index (χ2v) is 5.27. The molecule has 1 fully saturated rings. The second-order valence-electron chi connectivity index (χ2n) is 5.27. The summed E-state index contributed by atoms with van der Waals surface area (Å²) in [5, 5.41) is 3.09. The molecule has 1 aromatic rings. The summed E-state index contributed by atoms with van der Waals surface area (Å²) in [6.07, 6.45) is -1.29. The van der Waals surface area contributed by atoms with Gasteiger partial charge in [0, 0.05) is 6.54 Å². The lowest BCUT2D eigenvalue weighted by Crippen LogP contribution is -2.45. The maximum Gasteiger partial charge on any atom is 0.416 e. The predicted octanol–water partition coefficient (Wildman–Crippen LogP) is 3.14. The monoisotopic (exact) mass is 301 g/mol. The Morgan fingerprint density at radius 2 is 1.95 bits per heavy atom. The fourth-order valence-electron chi connectivity index (χ4n) is 2.38. The summed E-state index contributed by atoms with van der Waals surface area (Å²) in [6.45, 7) is 0.342. The Morgan fingerprint density at radius 1 is 1.33 bits per heavy atom. The molecule has 1 atom stereocenters. The Labute approximate surface area is 121 Å². The van der Waals surface area contributed by atoms with Gasteiger partial charge < -0.3 is 10.1 Å². The molecule has 21 heavy (non-hydrogen) atoms. The molecule has 0 bridgehead atoms. The zero-order valence-corrected chi connectivity index (χ0v) is 11.7. The van der Waals surface area contributed by atoms with Gasteiger partial charge in [0.1, 0.15) is 6.04 Å².